The largest absolute Gasteiger partial charge is 0.396 e. The SMILES string of the molecule is CC(NC(=O)c1n[nH]c2ccccc12)C(=O)N[C@@H](CCO)c1cccc2ccccc12. The van der Waals surface area contributed by atoms with Crippen LogP contribution in [0.25, 0.3) is 21.7 Å². The predicted molar refractivity (Wildman–Crippen MR) is 120 cm³/mol. The molecule has 0 fully saturated rings. The number of aromatic amines is 1. The fourth-order valence-corrected chi connectivity index (χ4v) is 3.75. The predicted octanol–water partition coefficient (Wildman–Crippen LogP) is 3.07. The number of carbonyl (C=O) groups is 2. The molecule has 4 aromatic rings. The molecule has 2 atom stereocenters. The molecule has 7 nitrogen and oxygen atoms in total. The standard InChI is InChI=1S/C24H24N4O3/c1-15(25-24(31)22-19-10-4-5-12-21(19)27-28-22)23(30)26-20(13-14-29)18-11-6-8-16-7-2-3-9-17(16)18/h2-12,15,20,29H,13-14H2,1H3,(H,25,31)(H,26,30)(H,27,28)/t15?,20-/m0/s1. The second kappa shape index (κ2) is 8.97. The van der Waals surface area contributed by atoms with Crippen LogP contribution < -0.4 is 10.6 Å². The van der Waals surface area contributed by atoms with Crippen LogP contribution in [0.4, 0.5) is 0 Å². The van der Waals surface area contributed by atoms with Crippen molar-refractivity contribution in [2.75, 3.05) is 6.61 Å². The number of aliphatic hydroxyl groups is 1. The van der Waals surface area contributed by atoms with E-state index < -0.39 is 11.9 Å². The Balaban J connectivity index is 1.50. The number of fused-ring (bicyclic) bond motifs is 2. The van der Waals surface area contributed by atoms with Crippen LogP contribution in [0.2, 0.25) is 0 Å². The Bertz CT molecular complexity index is 1230. The van der Waals surface area contributed by atoms with Gasteiger partial charge in [-0.05, 0) is 35.7 Å². The summed E-state index contributed by atoms with van der Waals surface area (Å²) in [6.45, 7) is 1.55. The zero-order chi connectivity index (χ0) is 21.8. The van der Waals surface area contributed by atoms with E-state index in [0.717, 1.165) is 21.9 Å². The van der Waals surface area contributed by atoms with Crippen molar-refractivity contribution in [1.29, 1.82) is 0 Å². The van der Waals surface area contributed by atoms with Crippen LogP contribution in [0, 0.1) is 0 Å². The van der Waals surface area contributed by atoms with Crippen molar-refractivity contribution in [3.8, 4) is 0 Å². The first-order chi connectivity index (χ1) is 15.1. The smallest absolute Gasteiger partial charge is 0.273 e. The maximum Gasteiger partial charge on any atom is 0.273 e. The monoisotopic (exact) mass is 416 g/mol. The minimum absolute atomic E-state index is 0.0752. The third kappa shape index (κ3) is 4.27. The Morgan fingerprint density at radius 3 is 2.48 bits per heavy atom. The molecule has 4 N–H and O–H groups in total. The molecule has 0 saturated heterocycles. The van der Waals surface area contributed by atoms with Gasteiger partial charge in [-0.25, -0.2) is 0 Å². The number of H-pyrrole nitrogens is 1. The highest BCUT2D eigenvalue weighted by Gasteiger charge is 2.23. The zero-order valence-electron chi connectivity index (χ0n) is 17.1. The second-order valence-electron chi connectivity index (χ2n) is 7.45. The summed E-state index contributed by atoms with van der Waals surface area (Å²) in [5.74, 6) is -0.761. The van der Waals surface area contributed by atoms with Crippen LogP contribution >= 0.6 is 0 Å². The number of nitrogens with zero attached hydrogens (tertiary/aromatic N) is 1. The number of nitrogens with one attached hydrogen (secondary N) is 3. The summed E-state index contributed by atoms with van der Waals surface area (Å²) in [7, 11) is 0. The van der Waals surface area contributed by atoms with Crippen molar-refractivity contribution in [1.82, 2.24) is 20.8 Å². The third-order valence-corrected chi connectivity index (χ3v) is 5.36. The van der Waals surface area contributed by atoms with Gasteiger partial charge in [0, 0.05) is 12.0 Å². The molecule has 0 aliphatic rings. The number of benzene rings is 3. The summed E-state index contributed by atoms with van der Waals surface area (Å²) >= 11 is 0. The number of para-hydroxylation sites is 1. The summed E-state index contributed by atoms with van der Waals surface area (Å²) in [5, 5.41) is 24.9. The molecule has 31 heavy (non-hydrogen) atoms. The van der Waals surface area contributed by atoms with Crippen molar-refractivity contribution in [3.05, 3.63) is 78.0 Å². The fraction of sp³-hybridized carbons (Fsp3) is 0.208. The van der Waals surface area contributed by atoms with E-state index in [2.05, 4.69) is 20.8 Å². The van der Waals surface area contributed by atoms with E-state index in [9.17, 15) is 14.7 Å². The van der Waals surface area contributed by atoms with Crippen LogP contribution in [0.5, 0.6) is 0 Å². The van der Waals surface area contributed by atoms with Crippen LogP contribution in [-0.2, 0) is 4.79 Å². The van der Waals surface area contributed by atoms with Gasteiger partial charge >= 0.3 is 0 Å². The minimum atomic E-state index is -0.779. The van der Waals surface area contributed by atoms with Gasteiger partial charge in [0.05, 0.1) is 11.6 Å². The highest BCUT2D eigenvalue weighted by Crippen LogP contribution is 2.26. The van der Waals surface area contributed by atoms with E-state index >= 15 is 0 Å². The second-order valence-corrected chi connectivity index (χ2v) is 7.45. The summed E-state index contributed by atoms with van der Waals surface area (Å²) < 4.78 is 0. The highest BCUT2D eigenvalue weighted by atomic mass is 16.3. The van der Waals surface area contributed by atoms with Gasteiger partial charge < -0.3 is 15.7 Å². The zero-order valence-corrected chi connectivity index (χ0v) is 17.1. The maximum absolute atomic E-state index is 12.9. The molecule has 0 radical (unpaired) electrons. The summed E-state index contributed by atoms with van der Waals surface area (Å²) in [4.78, 5) is 25.5. The maximum atomic E-state index is 12.9. The average Bonchev–Trinajstić information content (AvgIpc) is 3.22. The van der Waals surface area contributed by atoms with E-state index in [0.29, 0.717) is 11.8 Å². The van der Waals surface area contributed by atoms with Crippen LogP contribution in [0.1, 0.15) is 35.4 Å². The fourth-order valence-electron chi connectivity index (χ4n) is 3.75. The van der Waals surface area contributed by atoms with Crippen LogP contribution in [0.15, 0.2) is 66.7 Å². The number of hydrogen-bond donors (Lipinski definition) is 4. The number of aromatic nitrogens is 2. The van der Waals surface area contributed by atoms with Gasteiger partial charge in [-0.15, -0.1) is 0 Å². The molecule has 0 aliphatic heterocycles. The minimum Gasteiger partial charge on any atom is -0.396 e. The summed E-state index contributed by atoms with van der Waals surface area (Å²) in [5.41, 5.74) is 1.93. The first-order valence-electron chi connectivity index (χ1n) is 10.2. The van der Waals surface area contributed by atoms with Gasteiger partial charge in [0.2, 0.25) is 5.91 Å². The third-order valence-electron chi connectivity index (χ3n) is 5.36. The number of amides is 2. The van der Waals surface area contributed by atoms with Gasteiger partial charge in [0.15, 0.2) is 5.69 Å². The van der Waals surface area contributed by atoms with Gasteiger partial charge in [-0.1, -0.05) is 60.7 Å². The van der Waals surface area contributed by atoms with Crippen molar-refractivity contribution >= 4 is 33.5 Å². The van der Waals surface area contributed by atoms with Gasteiger partial charge in [0.25, 0.3) is 5.91 Å². The van der Waals surface area contributed by atoms with Gasteiger partial charge in [0.1, 0.15) is 6.04 Å². The van der Waals surface area contributed by atoms with E-state index in [4.69, 9.17) is 0 Å². The van der Waals surface area contributed by atoms with Gasteiger partial charge in [-0.2, -0.15) is 5.10 Å². The lowest BCUT2D eigenvalue weighted by atomic mass is 9.96. The molecule has 2 amide bonds. The number of carbonyl (C=O) groups excluding carboxylic acids is 2. The van der Waals surface area contributed by atoms with E-state index in [1.807, 2.05) is 60.7 Å². The Labute approximate surface area is 179 Å². The Morgan fingerprint density at radius 1 is 0.968 bits per heavy atom. The van der Waals surface area contributed by atoms with E-state index in [1.165, 1.54) is 0 Å². The first kappa shape index (κ1) is 20.6. The molecular formula is C24H24N4O3. The number of rotatable bonds is 7. The van der Waals surface area contributed by atoms with Gasteiger partial charge in [-0.3, -0.25) is 14.7 Å². The first-order valence-corrected chi connectivity index (χ1v) is 10.2. The van der Waals surface area contributed by atoms with E-state index in [-0.39, 0.29) is 24.2 Å². The Morgan fingerprint density at radius 2 is 1.68 bits per heavy atom. The lowest BCUT2D eigenvalue weighted by molar-refractivity contribution is -0.123. The molecular weight excluding hydrogens is 392 g/mol. The molecule has 0 bridgehead atoms. The number of aliphatic hydroxyl groups excluding tert-OH is 1. The average molecular weight is 416 g/mol. The molecule has 0 aliphatic carbocycles. The summed E-state index contributed by atoms with van der Waals surface area (Å²) in [6.07, 6.45) is 0.365. The van der Waals surface area contributed by atoms with Crippen molar-refractivity contribution in [2.24, 2.45) is 0 Å². The number of hydrogen-bond acceptors (Lipinski definition) is 4. The summed E-state index contributed by atoms with van der Waals surface area (Å²) in [6, 6.07) is 20.0. The normalized spacial score (nSPS) is 13.1. The molecule has 158 valence electrons. The van der Waals surface area contributed by atoms with Crippen LogP contribution in [0.3, 0.4) is 0 Å². The molecule has 3 aromatic carbocycles. The lowest BCUT2D eigenvalue weighted by Gasteiger charge is -2.22. The van der Waals surface area contributed by atoms with E-state index in [1.54, 1.807) is 13.0 Å². The Hall–Kier alpha value is -3.71. The van der Waals surface area contributed by atoms with Crippen molar-refractivity contribution < 1.29 is 14.7 Å². The molecule has 0 spiro atoms. The molecule has 1 aromatic heterocycles. The van der Waals surface area contributed by atoms with Crippen molar-refractivity contribution in [3.63, 3.8) is 0 Å². The molecule has 1 heterocycles. The highest BCUT2D eigenvalue weighted by molar-refractivity contribution is 6.06. The molecule has 1 unspecified atom stereocenters. The Kier molecular flexibility index (Phi) is 5.95. The van der Waals surface area contributed by atoms with Crippen LogP contribution in [-0.4, -0.2) is 39.8 Å². The quantitative estimate of drug-likeness (QED) is 0.371. The lowest BCUT2D eigenvalue weighted by Crippen LogP contribution is -2.46. The molecule has 7 heteroatoms. The molecule has 0 saturated carbocycles. The molecule has 4 rings (SSSR count). The van der Waals surface area contributed by atoms with Crippen molar-refractivity contribution in [2.45, 2.75) is 25.4 Å². The topological polar surface area (TPSA) is 107 Å².